The molecule has 0 saturated heterocycles. The molecular weight excluding hydrogens is 229 g/mol. The highest BCUT2D eigenvalue weighted by Gasteiger charge is 2.06. The van der Waals surface area contributed by atoms with Crippen molar-refractivity contribution < 1.29 is 4.39 Å². The average molecular weight is 247 g/mol. The molecule has 18 heavy (non-hydrogen) atoms. The van der Waals surface area contributed by atoms with Gasteiger partial charge in [-0.2, -0.15) is 5.10 Å². The molecule has 0 amide bonds. The molecular formula is C14H18FN3. The lowest BCUT2D eigenvalue weighted by Crippen LogP contribution is -2.01. The number of hydrogen-bond donors (Lipinski definition) is 1. The van der Waals surface area contributed by atoms with Gasteiger partial charge in [0.1, 0.15) is 5.82 Å². The highest BCUT2D eigenvalue weighted by molar-refractivity contribution is 5.45. The molecule has 0 aliphatic carbocycles. The Bertz CT molecular complexity index is 546. The summed E-state index contributed by atoms with van der Waals surface area (Å²) in [6, 6.07) is 5.19. The van der Waals surface area contributed by atoms with Gasteiger partial charge in [0.2, 0.25) is 0 Å². The van der Waals surface area contributed by atoms with E-state index in [2.05, 4.69) is 17.3 Å². The minimum Gasteiger partial charge on any atom is -0.381 e. The maximum absolute atomic E-state index is 13.4. The zero-order chi connectivity index (χ0) is 13.1. The fourth-order valence-electron chi connectivity index (χ4n) is 1.93. The zero-order valence-electron chi connectivity index (χ0n) is 11.0. The van der Waals surface area contributed by atoms with Crippen LogP contribution in [0.1, 0.15) is 23.7 Å². The molecule has 0 spiro atoms. The lowest BCUT2D eigenvalue weighted by molar-refractivity contribution is 0.619. The molecule has 2 rings (SSSR count). The predicted octanol–water partition coefficient (Wildman–Crippen LogP) is 3.04. The Labute approximate surface area is 107 Å². The molecule has 2 aromatic rings. The van der Waals surface area contributed by atoms with E-state index in [1.807, 2.05) is 24.0 Å². The van der Waals surface area contributed by atoms with Gasteiger partial charge in [-0.25, -0.2) is 4.39 Å². The number of nitrogens with zero attached hydrogens (tertiary/aromatic N) is 2. The smallest absolute Gasteiger partial charge is 0.128 e. The molecule has 1 aromatic heterocycles. The summed E-state index contributed by atoms with van der Waals surface area (Å²) >= 11 is 0. The molecule has 4 heteroatoms. The first kappa shape index (κ1) is 12.6. The van der Waals surface area contributed by atoms with Gasteiger partial charge in [0.05, 0.1) is 5.69 Å². The first-order valence-corrected chi connectivity index (χ1v) is 6.11. The molecule has 0 atom stereocenters. The Hall–Kier alpha value is -1.84. The van der Waals surface area contributed by atoms with Crippen LogP contribution < -0.4 is 5.32 Å². The van der Waals surface area contributed by atoms with Crippen LogP contribution in [0.25, 0.3) is 0 Å². The number of rotatable bonds is 4. The van der Waals surface area contributed by atoms with E-state index < -0.39 is 0 Å². The van der Waals surface area contributed by atoms with Crippen LogP contribution in [0.15, 0.2) is 24.4 Å². The monoisotopic (exact) mass is 247 g/mol. The lowest BCUT2D eigenvalue weighted by Gasteiger charge is -2.07. The predicted molar refractivity (Wildman–Crippen MR) is 71.0 cm³/mol. The maximum Gasteiger partial charge on any atom is 0.128 e. The maximum atomic E-state index is 13.4. The Morgan fingerprint density at radius 1 is 1.39 bits per heavy atom. The molecule has 0 aliphatic rings. The SMILES string of the molecule is CCc1nn(C)cc1CNc1ccc(C)c(F)c1. The molecule has 0 fully saturated rings. The highest BCUT2D eigenvalue weighted by atomic mass is 19.1. The van der Waals surface area contributed by atoms with Gasteiger partial charge in [-0.15, -0.1) is 0 Å². The number of aromatic nitrogens is 2. The van der Waals surface area contributed by atoms with Crippen molar-refractivity contribution >= 4 is 5.69 Å². The minimum absolute atomic E-state index is 0.179. The fourth-order valence-corrected chi connectivity index (χ4v) is 1.93. The normalized spacial score (nSPS) is 10.7. The average Bonchev–Trinajstić information content (AvgIpc) is 2.71. The van der Waals surface area contributed by atoms with E-state index >= 15 is 0 Å². The van der Waals surface area contributed by atoms with Crippen LogP contribution in [0.5, 0.6) is 0 Å². The summed E-state index contributed by atoms with van der Waals surface area (Å²) in [6.07, 6.45) is 2.90. The summed E-state index contributed by atoms with van der Waals surface area (Å²) in [6.45, 7) is 4.51. The number of nitrogens with one attached hydrogen (secondary N) is 1. The molecule has 0 radical (unpaired) electrons. The van der Waals surface area contributed by atoms with Crippen LogP contribution in [0.3, 0.4) is 0 Å². The van der Waals surface area contributed by atoms with Gasteiger partial charge in [0.25, 0.3) is 0 Å². The van der Waals surface area contributed by atoms with Crippen molar-refractivity contribution in [2.24, 2.45) is 7.05 Å². The van der Waals surface area contributed by atoms with E-state index in [4.69, 9.17) is 0 Å². The van der Waals surface area contributed by atoms with Crippen molar-refractivity contribution in [2.75, 3.05) is 5.32 Å². The highest BCUT2D eigenvalue weighted by Crippen LogP contribution is 2.15. The van der Waals surface area contributed by atoms with Crippen LogP contribution >= 0.6 is 0 Å². The Morgan fingerprint density at radius 3 is 2.83 bits per heavy atom. The minimum atomic E-state index is -0.179. The summed E-state index contributed by atoms with van der Waals surface area (Å²) in [5, 5.41) is 7.60. The van der Waals surface area contributed by atoms with Gasteiger partial charge < -0.3 is 5.32 Å². The van der Waals surface area contributed by atoms with Crippen molar-refractivity contribution in [3.8, 4) is 0 Å². The van der Waals surface area contributed by atoms with Crippen LogP contribution in [-0.2, 0) is 20.0 Å². The van der Waals surface area contributed by atoms with E-state index in [0.717, 1.165) is 23.4 Å². The third-order valence-electron chi connectivity index (χ3n) is 2.98. The molecule has 0 unspecified atom stereocenters. The first-order chi connectivity index (χ1) is 8.60. The van der Waals surface area contributed by atoms with Crippen LogP contribution in [0.4, 0.5) is 10.1 Å². The standard InChI is InChI=1S/C14H18FN3/c1-4-14-11(9-18(3)17-14)8-16-12-6-5-10(2)13(15)7-12/h5-7,9,16H,4,8H2,1-3H3. The van der Waals surface area contributed by atoms with E-state index in [9.17, 15) is 4.39 Å². The second kappa shape index (κ2) is 5.21. The molecule has 0 saturated carbocycles. The van der Waals surface area contributed by atoms with Crippen molar-refractivity contribution in [3.63, 3.8) is 0 Å². The van der Waals surface area contributed by atoms with Gasteiger partial charge in [-0.3, -0.25) is 4.68 Å². The molecule has 0 aliphatic heterocycles. The molecule has 1 heterocycles. The van der Waals surface area contributed by atoms with Crippen molar-refractivity contribution in [1.82, 2.24) is 9.78 Å². The van der Waals surface area contributed by atoms with Gasteiger partial charge in [-0.1, -0.05) is 13.0 Å². The first-order valence-electron chi connectivity index (χ1n) is 6.11. The van der Waals surface area contributed by atoms with Gasteiger partial charge >= 0.3 is 0 Å². The summed E-state index contributed by atoms with van der Waals surface area (Å²) in [5.41, 5.74) is 3.69. The number of halogens is 1. The molecule has 3 nitrogen and oxygen atoms in total. The number of aryl methyl sites for hydroxylation is 3. The van der Waals surface area contributed by atoms with Crippen LogP contribution in [-0.4, -0.2) is 9.78 Å². The van der Waals surface area contributed by atoms with Gasteiger partial charge in [0.15, 0.2) is 0 Å². The van der Waals surface area contributed by atoms with Crippen molar-refractivity contribution in [1.29, 1.82) is 0 Å². The lowest BCUT2D eigenvalue weighted by atomic mass is 10.2. The summed E-state index contributed by atoms with van der Waals surface area (Å²) < 4.78 is 15.2. The van der Waals surface area contributed by atoms with E-state index in [1.54, 1.807) is 13.0 Å². The van der Waals surface area contributed by atoms with Gasteiger partial charge in [-0.05, 0) is 31.0 Å². The number of hydrogen-bond acceptors (Lipinski definition) is 2. The van der Waals surface area contributed by atoms with E-state index in [0.29, 0.717) is 12.1 Å². The van der Waals surface area contributed by atoms with Crippen LogP contribution in [0, 0.1) is 12.7 Å². The summed E-state index contributed by atoms with van der Waals surface area (Å²) in [4.78, 5) is 0. The van der Waals surface area contributed by atoms with Crippen molar-refractivity contribution in [2.45, 2.75) is 26.8 Å². The molecule has 0 bridgehead atoms. The quantitative estimate of drug-likeness (QED) is 0.900. The molecule has 1 aromatic carbocycles. The summed E-state index contributed by atoms with van der Waals surface area (Å²) in [7, 11) is 1.91. The van der Waals surface area contributed by atoms with Crippen molar-refractivity contribution in [3.05, 3.63) is 47.0 Å². The number of anilines is 1. The number of benzene rings is 1. The van der Waals surface area contributed by atoms with E-state index in [-0.39, 0.29) is 5.82 Å². The molecule has 96 valence electrons. The Morgan fingerprint density at radius 2 is 2.17 bits per heavy atom. The van der Waals surface area contributed by atoms with Gasteiger partial charge in [0, 0.05) is 31.0 Å². The third-order valence-corrected chi connectivity index (χ3v) is 2.98. The van der Waals surface area contributed by atoms with Crippen LogP contribution in [0.2, 0.25) is 0 Å². The fraction of sp³-hybridized carbons (Fsp3) is 0.357. The third kappa shape index (κ3) is 2.70. The second-order valence-electron chi connectivity index (χ2n) is 4.45. The largest absolute Gasteiger partial charge is 0.381 e. The second-order valence-corrected chi connectivity index (χ2v) is 4.45. The van der Waals surface area contributed by atoms with E-state index in [1.165, 1.54) is 6.07 Å². The molecule has 1 N–H and O–H groups in total. The topological polar surface area (TPSA) is 29.9 Å². The Kier molecular flexibility index (Phi) is 3.65. The summed E-state index contributed by atoms with van der Waals surface area (Å²) in [5.74, 6) is -0.179. The Balaban J connectivity index is 2.08. The zero-order valence-corrected chi connectivity index (χ0v) is 11.0.